The van der Waals surface area contributed by atoms with Crippen LogP contribution in [0.4, 0.5) is 29.0 Å². The fraction of sp³-hybridized carbons (Fsp3) is 0.303. The van der Waals surface area contributed by atoms with Gasteiger partial charge in [-0.3, -0.25) is 0 Å². The summed E-state index contributed by atoms with van der Waals surface area (Å²) in [5.41, 5.74) is 3.70. The molecule has 6 rings (SSSR count). The van der Waals surface area contributed by atoms with Gasteiger partial charge in [-0.1, -0.05) is 66.7 Å². The lowest BCUT2D eigenvalue weighted by Gasteiger charge is -2.38. The third-order valence-corrected chi connectivity index (χ3v) is 8.24. The van der Waals surface area contributed by atoms with Crippen molar-refractivity contribution in [3.8, 4) is 0 Å². The Morgan fingerprint density at radius 2 is 1.02 bits per heavy atom. The van der Waals surface area contributed by atoms with E-state index in [1.807, 2.05) is 18.2 Å². The number of thiocarbonyl (C=S) groups is 1. The number of hydrogen-bond donors (Lipinski definition) is 2. The smallest absolute Gasteiger partial charge is 0.232 e. The topological polar surface area (TPSA) is 62.8 Å². The summed E-state index contributed by atoms with van der Waals surface area (Å²) in [4.78, 5) is 19.5. The minimum atomic E-state index is 0.0611. The molecule has 0 saturated carbocycles. The van der Waals surface area contributed by atoms with E-state index in [1.54, 1.807) is 0 Å². The molecule has 4 aromatic rings. The monoisotopic (exact) mass is 578 g/mol. The minimum Gasteiger partial charge on any atom is -0.368 e. The molecule has 2 N–H and O–H groups in total. The highest BCUT2D eigenvalue weighted by Gasteiger charge is 2.23. The number of rotatable bonds is 7. The molecule has 2 aliphatic heterocycles. The maximum absolute atomic E-state index is 5.71. The molecule has 0 bridgehead atoms. The second-order valence-electron chi connectivity index (χ2n) is 10.8. The summed E-state index contributed by atoms with van der Waals surface area (Å²) in [6.45, 7) is 9.42. The lowest BCUT2D eigenvalue weighted by molar-refractivity contribution is 0.638. The normalized spacial score (nSPS) is 16.2. The quantitative estimate of drug-likeness (QED) is 0.289. The summed E-state index contributed by atoms with van der Waals surface area (Å²) in [6.07, 6.45) is 0. The molecule has 1 atom stereocenters. The van der Waals surface area contributed by atoms with Crippen molar-refractivity contribution in [3.05, 3.63) is 103 Å². The average molecular weight is 579 g/mol. The van der Waals surface area contributed by atoms with Crippen LogP contribution < -0.4 is 30.2 Å². The van der Waals surface area contributed by atoms with Crippen LogP contribution in [0, 0.1) is 0 Å². The van der Waals surface area contributed by atoms with Gasteiger partial charge in [-0.25, -0.2) is 0 Å². The maximum atomic E-state index is 5.71. The molecule has 2 fully saturated rings. The van der Waals surface area contributed by atoms with E-state index in [1.165, 1.54) is 16.9 Å². The first-order valence-electron chi connectivity index (χ1n) is 14.7. The predicted octanol–water partition coefficient (Wildman–Crippen LogP) is 5.18. The Morgan fingerprint density at radius 3 is 1.48 bits per heavy atom. The van der Waals surface area contributed by atoms with E-state index in [4.69, 9.17) is 22.2 Å². The van der Waals surface area contributed by atoms with Crippen LogP contribution in [-0.2, 0) is 0 Å². The molecule has 2 saturated heterocycles. The van der Waals surface area contributed by atoms with Crippen molar-refractivity contribution in [3.63, 3.8) is 0 Å². The molecular weight excluding hydrogens is 540 g/mol. The highest BCUT2D eigenvalue weighted by molar-refractivity contribution is 7.80. The Balaban J connectivity index is 1.18. The van der Waals surface area contributed by atoms with Gasteiger partial charge in [0.1, 0.15) is 11.6 Å². The standard InChI is InChI=1S/C33H38N8S/c1-26(27-11-5-2-6-12-27)34-33(42)37-32-35-30(40-21-17-38(18-22-40)28-13-7-3-8-14-28)25-31(36-32)41-23-19-39(20-24-41)29-15-9-4-10-16-29/h2-16,25-26H,17-24H2,1H3,(H2,34,35,36,37,42). The Morgan fingerprint density at radius 1 is 0.619 bits per heavy atom. The van der Waals surface area contributed by atoms with Gasteiger partial charge in [0.25, 0.3) is 0 Å². The SMILES string of the molecule is CC(NC(=S)Nc1nc(N2CCN(c3ccccc3)CC2)cc(N2CCN(c3ccccc3)CC2)n1)c1ccccc1. The summed E-state index contributed by atoms with van der Waals surface area (Å²) in [5.74, 6) is 2.38. The number of benzene rings is 3. The second kappa shape index (κ2) is 13.1. The summed E-state index contributed by atoms with van der Waals surface area (Å²) in [7, 11) is 0. The van der Waals surface area contributed by atoms with E-state index >= 15 is 0 Å². The third-order valence-electron chi connectivity index (χ3n) is 8.02. The van der Waals surface area contributed by atoms with Gasteiger partial charge >= 0.3 is 0 Å². The number of piperazine rings is 2. The highest BCUT2D eigenvalue weighted by Crippen LogP contribution is 2.26. The molecule has 1 unspecified atom stereocenters. The molecule has 0 spiro atoms. The van der Waals surface area contributed by atoms with Crippen molar-refractivity contribution < 1.29 is 0 Å². The van der Waals surface area contributed by atoms with Crippen molar-refractivity contribution in [1.82, 2.24) is 15.3 Å². The molecular formula is C33H38N8S. The van der Waals surface area contributed by atoms with Crippen LogP contribution in [0.25, 0.3) is 0 Å². The predicted molar refractivity (Wildman–Crippen MR) is 178 cm³/mol. The number of aromatic nitrogens is 2. The van der Waals surface area contributed by atoms with E-state index < -0.39 is 0 Å². The van der Waals surface area contributed by atoms with E-state index in [0.29, 0.717) is 11.1 Å². The van der Waals surface area contributed by atoms with Crippen LogP contribution in [0.3, 0.4) is 0 Å². The fourth-order valence-corrected chi connectivity index (χ4v) is 5.89. The number of hydrogen-bond acceptors (Lipinski definition) is 7. The van der Waals surface area contributed by atoms with Crippen LogP contribution in [0.2, 0.25) is 0 Å². The molecule has 216 valence electrons. The van der Waals surface area contributed by atoms with Gasteiger partial charge in [0.05, 0.1) is 6.04 Å². The zero-order valence-electron chi connectivity index (χ0n) is 24.1. The first kappa shape index (κ1) is 27.8. The average Bonchev–Trinajstić information content (AvgIpc) is 3.06. The number of para-hydroxylation sites is 2. The van der Waals surface area contributed by atoms with E-state index in [-0.39, 0.29) is 6.04 Å². The van der Waals surface area contributed by atoms with Gasteiger partial charge in [0, 0.05) is 69.8 Å². The third kappa shape index (κ3) is 6.74. The van der Waals surface area contributed by atoms with Crippen LogP contribution >= 0.6 is 12.2 Å². The maximum Gasteiger partial charge on any atom is 0.232 e. The molecule has 0 amide bonds. The lowest BCUT2D eigenvalue weighted by atomic mass is 10.1. The molecule has 0 radical (unpaired) electrons. The van der Waals surface area contributed by atoms with Crippen molar-refractivity contribution in [2.45, 2.75) is 13.0 Å². The lowest BCUT2D eigenvalue weighted by Crippen LogP contribution is -2.48. The van der Waals surface area contributed by atoms with E-state index in [9.17, 15) is 0 Å². The zero-order valence-corrected chi connectivity index (χ0v) is 24.9. The second-order valence-corrected chi connectivity index (χ2v) is 11.2. The van der Waals surface area contributed by atoms with Gasteiger partial charge in [0.2, 0.25) is 5.95 Å². The molecule has 3 heterocycles. The Hall–Kier alpha value is -4.37. The molecule has 2 aliphatic rings. The molecule has 42 heavy (non-hydrogen) atoms. The largest absolute Gasteiger partial charge is 0.368 e. The number of nitrogens with one attached hydrogen (secondary N) is 2. The fourth-order valence-electron chi connectivity index (χ4n) is 5.63. The highest BCUT2D eigenvalue weighted by atomic mass is 32.1. The molecule has 1 aromatic heterocycles. The van der Waals surface area contributed by atoms with E-state index in [0.717, 1.165) is 64.0 Å². The number of nitrogens with zero attached hydrogens (tertiary/aromatic N) is 6. The summed E-state index contributed by atoms with van der Waals surface area (Å²) < 4.78 is 0. The van der Waals surface area contributed by atoms with Crippen molar-refractivity contribution in [1.29, 1.82) is 0 Å². The van der Waals surface area contributed by atoms with Crippen LogP contribution in [0.1, 0.15) is 18.5 Å². The number of anilines is 5. The Labute approximate surface area is 254 Å². The first-order chi connectivity index (χ1) is 20.6. The summed E-state index contributed by atoms with van der Waals surface area (Å²) >= 11 is 5.71. The van der Waals surface area contributed by atoms with Crippen molar-refractivity contribution in [2.75, 3.05) is 77.3 Å². The summed E-state index contributed by atoms with van der Waals surface area (Å²) in [6, 6.07) is 33.8. The molecule has 9 heteroatoms. The van der Waals surface area contributed by atoms with Crippen molar-refractivity contribution in [2.24, 2.45) is 0 Å². The zero-order chi connectivity index (χ0) is 28.7. The summed E-state index contributed by atoms with van der Waals surface area (Å²) in [5, 5.41) is 7.20. The van der Waals surface area contributed by atoms with Crippen molar-refractivity contribution >= 4 is 46.3 Å². The van der Waals surface area contributed by atoms with Crippen LogP contribution in [0.5, 0.6) is 0 Å². The molecule has 8 nitrogen and oxygen atoms in total. The Bertz CT molecular complexity index is 1360. The van der Waals surface area contributed by atoms with Gasteiger partial charge in [-0.2, -0.15) is 9.97 Å². The molecule has 0 aliphatic carbocycles. The van der Waals surface area contributed by atoms with Gasteiger partial charge in [-0.05, 0) is 49.0 Å². The van der Waals surface area contributed by atoms with Gasteiger partial charge in [-0.15, -0.1) is 0 Å². The van der Waals surface area contributed by atoms with Gasteiger partial charge < -0.3 is 30.2 Å². The molecule has 3 aromatic carbocycles. The van der Waals surface area contributed by atoms with Crippen LogP contribution in [-0.4, -0.2) is 67.4 Å². The first-order valence-corrected chi connectivity index (χ1v) is 15.1. The van der Waals surface area contributed by atoms with Gasteiger partial charge in [0.15, 0.2) is 5.11 Å². The minimum absolute atomic E-state index is 0.0611. The van der Waals surface area contributed by atoms with E-state index in [2.05, 4.69) is 116 Å². The Kier molecular flexibility index (Phi) is 8.65. The van der Waals surface area contributed by atoms with Crippen LogP contribution in [0.15, 0.2) is 97.1 Å².